The molecule has 28 heavy (non-hydrogen) atoms. The molecule has 0 radical (unpaired) electrons. The van der Waals surface area contributed by atoms with Crippen LogP contribution in [0.4, 0.5) is 10.1 Å². The smallest absolute Gasteiger partial charge is 0.335 e. The summed E-state index contributed by atoms with van der Waals surface area (Å²) in [5.41, 5.74) is 0.489. The third-order valence-electron chi connectivity index (χ3n) is 3.82. The Morgan fingerprint density at radius 1 is 1.07 bits per heavy atom. The lowest BCUT2D eigenvalue weighted by molar-refractivity contribution is -0.112. The first-order chi connectivity index (χ1) is 13.5. The summed E-state index contributed by atoms with van der Waals surface area (Å²) in [6.07, 6.45) is 1.24. The standard InChI is InChI=1S/C21H13FN2O4/c22-17-3-1-2-4-18(17)24-20(25)15(12-23)11-16-9-10-19(28-16)13-5-7-14(8-6-13)21(26)27/h1-11H,(H,24,25)(H,26,27)/b15-11+. The number of furan rings is 1. The predicted octanol–water partition coefficient (Wildman–Crippen LogP) is 4.33. The minimum absolute atomic E-state index is 0.0349. The molecule has 0 fully saturated rings. The van der Waals surface area contributed by atoms with E-state index >= 15 is 0 Å². The van der Waals surface area contributed by atoms with Gasteiger partial charge < -0.3 is 14.8 Å². The van der Waals surface area contributed by atoms with Crippen molar-refractivity contribution in [2.45, 2.75) is 0 Å². The summed E-state index contributed by atoms with van der Waals surface area (Å²) in [5, 5.41) is 20.5. The highest BCUT2D eigenvalue weighted by molar-refractivity contribution is 6.09. The van der Waals surface area contributed by atoms with Gasteiger partial charge in [-0.05, 0) is 36.4 Å². The quantitative estimate of drug-likeness (QED) is 0.510. The molecule has 2 N–H and O–H groups in total. The van der Waals surface area contributed by atoms with Crippen LogP contribution in [0.25, 0.3) is 17.4 Å². The molecule has 6 nitrogen and oxygen atoms in total. The molecule has 3 aromatic rings. The number of carbonyl (C=O) groups is 2. The Hall–Kier alpha value is -4.18. The number of carbonyl (C=O) groups excluding carboxylic acids is 1. The van der Waals surface area contributed by atoms with Crippen molar-refractivity contribution in [1.29, 1.82) is 5.26 Å². The Bertz CT molecular complexity index is 1110. The van der Waals surface area contributed by atoms with Crippen LogP contribution in [0.3, 0.4) is 0 Å². The van der Waals surface area contributed by atoms with Crippen LogP contribution < -0.4 is 5.32 Å². The van der Waals surface area contributed by atoms with Gasteiger partial charge in [0.15, 0.2) is 0 Å². The van der Waals surface area contributed by atoms with Crippen LogP contribution in [0.2, 0.25) is 0 Å². The van der Waals surface area contributed by atoms with Gasteiger partial charge in [-0.15, -0.1) is 0 Å². The first-order valence-corrected chi connectivity index (χ1v) is 8.09. The number of carboxylic acid groups (broad SMARTS) is 1. The highest BCUT2D eigenvalue weighted by Gasteiger charge is 2.13. The topological polar surface area (TPSA) is 103 Å². The van der Waals surface area contributed by atoms with Gasteiger partial charge >= 0.3 is 5.97 Å². The van der Waals surface area contributed by atoms with Crippen molar-refractivity contribution in [3.63, 3.8) is 0 Å². The summed E-state index contributed by atoms with van der Waals surface area (Å²) < 4.78 is 19.2. The molecule has 2 aromatic carbocycles. The lowest BCUT2D eigenvalue weighted by Gasteiger charge is -2.04. The van der Waals surface area contributed by atoms with Crippen molar-refractivity contribution >= 4 is 23.6 Å². The number of nitriles is 1. The third-order valence-corrected chi connectivity index (χ3v) is 3.82. The third kappa shape index (κ3) is 4.14. The van der Waals surface area contributed by atoms with E-state index in [4.69, 9.17) is 9.52 Å². The maximum Gasteiger partial charge on any atom is 0.335 e. The molecule has 1 amide bonds. The fraction of sp³-hybridized carbons (Fsp3) is 0. The number of hydrogen-bond donors (Lipinski definition) is 2. The van der Waals surface area contributed by atoms with Crippen LogP contribution in [0.1, 0.15) is 16.1 Å². The summed E-state index contributed by atoms with van der Waals surface area (Å²) in [6.45, 7) is 0. The number of anilines is 1. The zero-order valence-corrected chi connectivity index (χ0v) is 14.3. The Labute approximate surface area is 159 Å². The molecule has 138 valence electrons. The van der Waals surface area contributed by atoms with Gasteiger partial charge in [-0.3, -0.25) is 4.79 Å². The van der Waals surface area contributed by atoms with Crippen LogP contribution >= 0.6 is 0 Å². The molecule has 1 aromatic heterocycles. The van der Waals surface area contributed by atoms with Crippen molar-refractivity contribution in [2.75, 3.05) is 5.32 Å². The normalized spacial score (nSPS) is 10.9. The summed E-state index contributed by atoms with van der Waals surface area (Å²) in [6, 6.07) is 16.6. The number of benzene rings is 2. The van der Waals surface area contributed by atoms with Crippen LogP contribution in [-0.2, 0) is 4.79 Å². The molecular weight excluding hydrogens is 363 g/mol. The van der Waals surface area contributed by atoms with Crippen LogP contribution in [0.5, 0.6) is 0 Å². The van der Waals surface area contributed by atoms with E-state index in [1.807, 2.05) is 0 Å². The Kier molecular flexibility index (Phi) is 5.33. The number of halogens is 1. The summed E-state index contributed by atoms with van der Waals surface area (Å²) >= 11 is 0. The molecule has 1 heterocycles. The number of rotatable bonds is 5. The molecule has 3 rings (SSSR count). The van der Waals surface area contributed by atoms with Crippen molar-refractivity contribution in [1.82, 2.24) is 0 Å². The van der Waals surface area contributed by atoms with Crippen molar-refractivity contribution in [2.24, 2.45) is 0 Å². The number of nitrogens with zero attached hydrogens (tertiary/aromatic N) is 1. The lowest BCUT2D eigenvalue weighted by atomic mass is 10.1. The predicted molar refractivity (Wildman–Crippen MR) is 99.7 cm³/mol. The van der Waals surface area contributed by atoms with E-state index in [0.717, 1.165) is 0 Å². The highest BCUT2D eigenvalue weighted by Crippen LogP contribution is 2.24. The minimum Gasteiger partial charge on any atom is -0.478 e. The summed E-state index contributed by atoms with van der Waals surface area (Å²) in [7, 11) is 0. The summed E-state index contributed by atoms with van der Waals surface area (Å²) in [5.74, 6) is -1.73. The fourth-order valence-electron chi connectivity index (χ4n) is 2.41. The Morgan fingerprint density at radius 3 is 2.43 bits per heavy atom. The van der Waals surface area contributed by atoms with Crippen molar-refractivity contribution < 1.29 is 23.5 Å². The van der Waals surface area contributed by atoms with Gasteiger partial charge in [0.1, 0.15) is 29.0 Å². The molecule has 0 atom stereocenters. The molecule has 0 saturated heterocycles. The van der Waals surface area contributed by atoms with Crippen LogP contribution in [0, 0.1) is 17.1 Å². The van der Waals surface area contributed by atoms with Crippen molar-refractivity contribution in [3.05, 3.63) is 83.4 Å². The molecular formula is C21H13FN2O4. The molecule has 0 spiro atoms. The fourth-order valence-corrected chi connectivity index (χ4v) is 2.41. The van der Waals surface area contributed by atoms with E-state index in [9.17, 15) is 19.2 Å². The monoisotopic (exact) mass is 376 g/mol. The second-order valence-corrected chi connectivity index (χ2v) is 5.69. The average molecular weight is 376 g/mol. The van der Waals surface area contributed by atoms with Crippen molar-refractivity contribution in [3.8, 4) is 17.4 Å². The first-order valence-electron chi connectivity index (χ1n) is 8.09. The van der Waals surface area contributed by atoms with E-state index in [1.54, 1.807) is 36.4 Å². The minimum atomic E-state index is -1.03. The van der Waals surface area contributed by atoms with Gasteiger partial charge in [0.25, 0.3) is 5.91 Å². The second-order valence-electron chi connectivity index (χ2n) is 5.69. The average Bonchev–Trinajstić information content (AvgIpc) is 3.16. The molecule has 0 aliphatic rings. The van der Waals surface area contributed by atoms with E-state index in [2.05, 4.69) is 5.32 Å². The number of nitrogens with one attached hydrogen (secondary N) is 1. The largest absolute Gasteiger partial charge is 0.478 e. The van der Waals surface area contributed by atoms with E-state index < -0.39 is 17.7 Å². The SMILES string of the molecule is N#C/C(=C\c1ccc(-c2ccc(C(=O)O)cc2)o1)C(=O)Nc1ccccc1F. The van der Waals surface area contributed by atoms with Crippen LogP contribution in [0.15, 0.2) is 70.7 Å². The van der Waals surface area contributed by atoms with Gasteiger partial charge in [0.2, 0.25) is 0 Å². The number of para-hydroxylation sites is 1. The molecule has 0 saturated carbocycles. The van der Waals surface area contributed by atoms with E-state index in [-0.39, 0.29) is 22.6 Å². The maximum atomic E-state index is 13.6. The van der Waals surface area contributed by atoms with E-state index in [1.165, 1.54) is 36.4 Å². The molecule has 7 heteroatoms. The van der Waals surface area contributed by atoms with Gasteiger partial charge in [-0.1, -0.05) is 24.3 Å². The van der Waals surface area contributed by atoms with Gasteiger partial charge in [-0.25, -0.2) is 9.18 Å². The highest BCUT2D eigenvalue weighted by atomic mass is 19.1. The number of aromatic carboxylic acids is 1. The van der Waals surface area contributed by atoms with Gasteiger partial charge in [0, 0.05) is 11.6 Å². The van der Waals surface area contributed by atoms with Crippen LogP contribution in [-0.4, -0.2) is 17.0 Å². The first kappa shape index (κ1) is 18.6. The molecule has 0 unspecified atom stereocenters. The van der Waals surface area contributed by atoms with Gasteiger partial charge in [0.05, 0.1) is 11.3 Å². The van der Waals surface area contributed by atoms with Gasteiger partial charge in [-0.2, -0.15) is 5.26 Å². The molecule has 0 aliphatic carbocycles. The van der Waals surface area contributed by atoms with E-state index in [0.29, 0.717) is 11.3 Å². The zero-order chi connectivity index (χ0) is 20.1. The number of amides is 1. The Balaban J connectivity index is 1.80. The molecule has 0 aliphatic heterocycles. The zero-order valence-electron chi connectivity index (χ0n) is 14.3. The number of hydrogen-bond acceptors (Lipinski definition) is 4. The lowest BCUT2D eigenvalue weighted by Crippen LogP contribution is -2.14. The number of carboxylic acids is 1. The summed E-state index contributed by atoms with van der Waals surface area (Å²) in [4.78, 5) is 23.1. The maximum absolute atomic E-state index is 13.6. The second kappa shape index (κ2) is 8.01. The molecule has 0 bridgehead atoms. The Morgan fingerprint density at radius 2 is 1.79 bits per heavy atom.